The number of halogens is 1. The highest BCUT2D eigenvalue weighted by molar-refractivity contribution is 9.11. The van der Waals surface area contributed by atoms with Gasteiger partial charge in [0.15, 0.2) is 0 Å². The van der Waals surface area contributed by atoms with Crippen LogP contribution in [0, 0.1) is 5.92 Å². The third-order valence-electron chi connectivity index (χ3n) is 2.65. The summed E-state index contributed by atoms with van der Waals surface area (Å²) in [7, 11) is 2.04. The molecule has 1 N–H and O–H groups in total. The Labute approximate surface area is 91.7 Å². The summed E-state index contributed by atoms with van der Waals surface area (Å²) in [4.78, 5) is 1.60. The molecular formula is C10H14BrNS. The third-order valence-corrected chi connectivity index (χ3v) is 4.39. The molecule has 0 fully saturated rings. The van der Waals surface area contributed by atoms with Crippen molar-refractivity contribution in [1.29, 1.82) is 0 Å². The van der Waals surface area contributed by atoms with Crippen LogP contribution in [0.2, 0.25) is 0 Å². The number of fused-ring (bicyclic) bond motifs is 1. The zero-order valence-electron chi connectivity index (χ0n) is 7.77. The van der Waals surface area contributed by atoms with Crippen molar-refractivity contribution in [2.24, 2.45) is 5.92 Å². The lowest BCUT2D eigenvalue weighted by molar-refractivity contribution is 0.444. The highest BCUT2D eigenvalue weighted by atomic mass is 79.9. The number of aryl methyl sites for hydroxylation is 1. The summed E-state index contributed by atoms with van der Waals surface area (Å²) < 4.78 is 1.29. The molecule has 2 rings (SSSR count). The van der Waals surface area contributed by atoms with Gasteiger partial charge in [0.2, 0.25) is 0 Å². The zero-order chi connectivity index (χ0) is 9.26. The summed E-state index contributed by atoms with van der Waals surface area (Å²) in [5.74, 6) is 0.846. The van der Waals surface area contributed by atoms with Crippen LogP contribution in [-0.4, -0.2) is 13.6 Å². The summed E-state index contributed by atoms with van der Waals surface area (Å²) in [6, 6.07) is 2.29. The number of hydrogen-bond acceptors (Lipinski definition) is 2. The maximum Gasteiger partial charge on any atom is 0.0704 e. The summed E-state index contributed by atoms with van der Waals surface area (Å²) >= 11 is 5.46. The van der Waals surface area contributed by atoms with E-state index < -0.39 is 0 Å². The number of thiophene rings is 1. The molecule has 0 amide bonds. The quantitative estimate of drug-likeness (QED) is 0.862. The Morgan fingerprint density at radius 2 is 2.54 bits per heavy atom. The van der Waals surface area contributed by atoms with E-state index in [4.69, 9.17) is 0 Å². The van der Waals surface area contributed by atoms with Crippen molar-refractivity contribution in [3.63, 3.8) is 0 Å². The number of hydrogen-bond donors (Lipinski definition) is 1. The molecule has 1 aliphatic rings. The van der Waals surface area contributed by atoms with Crippen molar-refractivity contribution >= 4 is 27.3 Å². The molecule has 1 aromatic heterocycles. The summed E-state index contributed by atoms with van der Waals surface area (Å²) in [6.45, 7) is 1.16. The van der Waals surface area contributed by atoms with Gasteiger partial charge < -0.3 is 5.32 Å². The van der Waals surface area contributed by atoms with Gasteiger partial charge >= 0.3 is 0 Å². The smallest absolute Gasteiger partial charge is 0.0704 e. The van der Waals surface area contributed by atoms with E-state index in [-0.39, 0.29) is 0 Å². The van der Waals surface area contributed by atoms with Gasteiger partial charge in [0.05, 0.1) is 3.79 Å². The fraction of sp³-hybridized carbons (Fsp3) is 0.600. The molecule has 1 aromatic rings. The van der Waals surface area contributed by atoms with E-state index >= 15 is 0 Å². The Bertz CT molecular complexity index is 295. The molecule has 3 heteroatoms. The maximum atomic E-state index is 3.55. The van der Waals surface area contributed by atoms with Crippen molar-refractivity contribution in [2.75, 3.05) is 13.6 Å². The van der Waals surface area contributed by atoms with E-state index in [1.807, 2.05) is 18.4 Å². The van der Waals surface area contributed by atoms with Gasteiger partial charge in [0.25, 0.3) is 0 Å². The van der Waals surface area contributed by atoms with Gasteiger partial charge in [-0.15, -0.1) is 11.3 Å². The minimum absolute atomic E-state index is 0.846. The second kappa shape index (κ2) is 4.11. The molecule has 1 heterocycles. The van der Waals surface area contributed by atoms with Crippen molar-refractivity contribution < 1.29 is 0 Å². The summed E-state index contributed by atoms with van der Waals surface area (Å²) in [5, 5.41) is 3.27. The van der Waals surface area contributed by atoms with E-state index in [2.05, 4.69) is 27.3 Å². The minimum Gasteiger partial charge on any atom is -0.319 e. The molecule has 1 nitrogen and oxygen atoms in total. The van der Waals surface area contributed by atoms with Crippen LogP contribution in [0.3, 0.4) is 0 Å². The maximum absolute atomic E-state index is 3.55. The van der Waals surface area contributed by atoms with Gasteiger partial charge in [-0.05, 0) is 66.3 Å². The van der Waals surface area contributed by atoms with E-state index in [1.165, 1.54) is 23.0 Å². The van der Waals surface area contributed by atoms with Crippen LogP contribution in [0.25, 0.3) is 0 Å². The highest BCUT2D eigenvalue weighted by Crippen LogP contribution is 2.34. The summed E-state index contributed by atoms with van der Waals surface area (Å²) in [6.07, 6.45) is 3.89. The Hall–Kier alpha value is 0.140. The average Bonchev–Trinajstić information content (AvgIpc) is 2.44. The fourth-order valence-corrected chi connectivity index (χ4v) is 3.82. The van der Waals surface area contributed by atoms with Gasteiger partial charge in [-0.1, -0.05) is 0 Å². The molecule has 1 unspecified atom stereocenters. The Morgan fingerprint density at radius 3 is 3.31 bits per heavy atom. The Kier molecular flexibility index (Phi) is 3.06. The minimum atomic E-state index is 0.846. The molecule has 0 saturated heterocycles. The highest BCUT2D eigenvalue weighted by Gasteiger charge is 2.19. The predicted octanol–water partition coefficient (Wildman–Crippen LogP) is 2.83. The third kappa shape index (κ3) is 2.14. The predicted molar refractivity (Wildman–Crippen MR) is 61.5 cm³/mol. The first-order valence-corrected chi connectivity index (χ1v) is 6.32. The van der Waals surface area contributed by atoms with E-state index in [0.717, 1.165) is 12.5 Å². The van der Waals surface area contributed by atoms with Crippen molar-refractivity contribution in [3.8, 4) is 0 Å². The lowest BCUT2D eigenvalue weighted by atomic mass is 9.89. The van der Waals surface area contributed by atoms with Crippen molar-refractivity contribution in [1.82, 2.24) is 5.32 Å². The van der Waals surface area contributed by atoms with Crippen LogP contribution < -0.4 is 5.32 Å². The molecule has 0 saturated carbocycles. The van der Waals surface area contributed by atoms with Crippen LogP contribution in [0.4, 0.5) is 0 Å². The number of rotatable bonds is 2. The molecule has 13 heavy (non-hydrogen) atoms. The van der Waals surface area contributed by atoms with Crippen LogP contribution in [-0.2, 0) is 12.8 Å². The number of nitrogens with one attached hydrogen (secondary N) is 1. The van der Waals surface area contributed by atoms with Gasteiger partial charge in [-0.3, -0.25) is 0 Å². The van der Waals surface area contributed by atoms with Crippen LogP contribution in [0.1, 0.15) is 16.9 Å². The fourth-order valence-electron chi connectivity index (χ4n) is 2.03. The lowest BCUT2D eigenvalue weighted by Gasteiger charge is -2.21. The van der Waals surface area contributed by atoms with E-state index in [0.29, 0.717) is 0 Å². The van der Waals surface area contributed by atoms with Gasteiger partial charge in [0.1, 0.15) is 0 Å². The SMILES string of the molecule is CNCC1CCc2sc(Br)cc2C1. The van der Waals surface area contributed by atoms with Crippen LogP contribution in [0.15, 0.2) is 9.85 Å². The van der Waals surface area contributed by atoms with Crippen molar-refractivity contribution in [2.45, 2.75) is 19.3 Å². The average molecular weight is 260 g/mol. The second-order valence-electron chi connectivity index (χ2n) is 3.67. The molecular weight excluding hydrogens is 246 g/mol. The van der Waals surface area contributed by atoms with Crippen LogP contribution in [0.5, 0.6) is 0 Å². The van der Waals surface area contributed by atoms with Crippen LogP contribution >= 0.6 is 27.3 Å². The molecule has 1 aliphatic carbocycles. The molecule has 72 valence electrons. The second-order valence-corrected chi connectivity index (χ2v) is 6.18. The molecule has 0 radical (unpaired) electrons. The molecule has 0 bridgehead atoms. The Balaban J connectivity index is 2.10. The lowest BCUT2D eigenvalue weighted by Crippen LogP contribution is -2.23. The first-order chi connectivity index (χ1) is 6.29. The van der Waals surface area contributed by atoms with E-state index in [1.54, 1.807) is 10.4 Å². The van der Waals surface area contributed by atoms with Gasteiger partial charge in [-0.25, -0.2) is 0 Å². The molecule has 1 atom stereocenters. The van der Waals surface area contributed by atoms with Gasteiger partial charge in [0, 0.05) is 4.88 Å². The largest absolute Gasteiger partial charge is 0.319 e. The normalized spacial score (nSPS) is 21.5. The monoisotopic (exact) mass is 259 g/mol. The topological polar surface area (TPSA) is 12.0 Å². The molecule has 0 aliphatic heterocycles. The standard InChI is InChI=1S/C10H14BrNS/c1-12-6-7-2-3-9-8(4-7)5-10(11)13-9/h5,7,12H,2-4,6H2,1H3. The molecule has 0 spiro atoms. The Morgan fingerprint density at radius 1 is 1.69 bits per heavy atom. The zero-order valence-corrected chi connectivity index (χ0v) is 10.2. The first kappa shape index (κ1) is 9.69. The van der Waals surface area contributed by atoms with Gasteiger partial charge in [-0.2, -0.15) is 0 Å². The first-order valence-electron chi connectivity index (χ1n) is 4.71. The van der Waals surface area contributed by atoms with E-state index in [9.17, 15) is 0 Å². The summed E-state index contributed by atoms with van der Waals surface area (Å²) in [5.41, 5.74) is 1.57. The molecule has 0 aromatic carbocycles. The van der Waals surface area contributed by atoms with Crippen molar-refractivity contribution in [3.05, 3.63) is 20.3 Å².